The van der Waals surface area contributed by atoms with Crippen molar-refractivity contribution in [2.75, 3.05) is 0 Å². The van der Waals surface area contributed by atoms with E-state index in [0.29, 0.717) is 0 Å². The summed E-state index contributed by atoms with van der Waals surface area (Å²) < 4.78 is 39.3. The van der Waals surface area contributed by atoms with Gasteiger partial charge in [0.1, 0.15) is 0 Å². The molecular formula is C11H10F3N3O. The van der Waals surface area contributed by atoms with E-state index in [1.54, 1.807) is 12.1 Å². The van der Waals surface area contributed by atoms with E-state index in [0.717, 1.165) is 6.92 Å². The lowest BCUT2D eigenvalue weighted by Crippen LogP contribution is -2.22. The Hall–Kier alpha value is -2.05. The Morgan fingerprint density at radius 3 is 2.67 bits per heavy atom. The van der Waals surface area contributed by atoms with E-state index < -0.39 is 18.0 Å². The van der Waals surface area contributed by atoms with Gasteiger partial charge < -0.3 is 5.73 Å². The van der Waals surface area contributed by atoms with Crippen molar-refractivity contribution in [1.82, 2.24) is 9.61 Å². The van der Waals surface area contributed by atoms with Crippen LogP contribution in [0.1, 0.15) is 28.9 Å². The molecule has 0 radical (unpaired) electrons. The van der Waals surface area contributed by atoms with Gasteiger partial charge in [0.25, 0.3) is 5.91 Å². The predicted molar refractivity (Wildman–Crippen MR) is 58.2 cm³/mol. The van der Waals surface area contributed by atoms with Gasteiger partial charge in [0.15, 0.2) is 0 Å². The molecule has 2 N–H and O–H groups in total. The zero-order valence-electron chi connectivity index (χ0n) is 9.40. The van der Waals surface area contributed by atoms with Crippen molar-refractivity contribution >= 4 is 11.4 Å². The second-order valence-corrected chi connectivity index (χ2v) is 3.92. The number of nitrogens with zero attached hydrogens (tertiary/aromatic N) is 2. The molecule has 0 bridgehead atoms. The van der Waals surface area contributed by atoms with E-state index in [9.17, 15) is 18.0 Å². The molecule has 2 rings (SSSR count). The van der Waals surface area contributed by atoms with Gasteiger partial charge in [-0.2, -0.15) is 18.3 Å². The van der Waals surface area contributed by atoms with Crippen LogP contribution >= 0.6 is 0 Å². The van der Waals surface area contributed by atoms with E-state index >= 15 is 0 Å². The maximum absolute atomic E-state index is 12.7. The summed E-state index contributed by atoms with van der Waals surface area (Å²) in [5, 5.41) is 3.80. The summed E-state index contributed by atoms with van der Waals surface area (Å²) in [6.07, 6.45) is -3.00. The van der Waals surface area contributed by atoms with Crippen LogP contribution in [0.4, 0.5) is 13.2 Å². The molecule has 2 aromatic rings. The molecule has 0 aliphatic heterocycles. The van der Waals surface area contributed by atoms with Crippen molar-refractivity contribution in [3.05, 3.63) is 35.7 Å². The van der Waals surface area contributed by atoms with E-state index in [1.165, 1.54) is 16.8 Å². The van der Waals surface area contributed by atoms with Crippen LogP contribution in [0.5, 0.6) is 0 Å². The van der Waals surface area contributed by atoms with Crippen molar-refractivity contribution in [3.63, 3.8) is 0 Å². The van der Waals surface area contributed by atoms with Crippen LogP contribution in [0.2, 0.25) is 0 Å². The molecule has 2 aromatic heterocycles. The molecule has 0 saturated heterocycles. The van der Waals surface area contributed by atoms with E-state index in [-0.39, 0.29) is 16.8 Å². The Morgan fingerprint density at radius 1 is 1.44 bits per heavy atom. The summed E-state index contributed by atoms with van der Waals surface area (Å²) in [6.45, 7) is 0.953. The monoisotopic (exact) mass is 257 g/mol. The first-order chi connectivity index (χ1) is 8.32. The van der Waals surface area contributed by atoms with Gasteiger partial charge in [-0.25, -0.2) is 4.52 Å². The molecule has 1 amide bonds. The van der Waals surface area contributed by atoms with Crippen LogP contribution in [-0.2, 0) is 0 Å². The lowest BCUT2D eigenvalue weighted by Gasteiger charge is -2.13. The highest BCUT2D eigenvalue weighted by atomic mass is 19.4. The number of aromatic nitrogens is 2. The fourth-order valence-electron chi connectivity index (χ4n) is 1.73. The quantitative estimate of drug-likeness (QED) is 0.895. The van der Waals surface area contributed by atoms with Crippen molar-refractivity contribution in [2.24, 2.45) is 5.73 Å². The predicted octanol–water partition coefficient (Wildman–Crippen LogP) is 2.10. The SMILES string of the molecule is C[C@H](c1nn2ccccc2c1C(N)=O)C(F)(F)F. The van der Waals surface area contributed by atoms with Crippen molar-refractivity contribution in [1.29, 1.82) is 0 Å². The number of rotatable bonds is 2. The topological polar surface area (TPSA) is 60.4 Å². The van der Waals surface area contributed by atoms with Gasteiger partial charge in [-0.1, -0.05) is 6.07 Å². The smallest absolute Gasteiger partial charge is 0.365 e. The Balaban J connectivity index is 2.71. The van der Waals surface area contributed by atoms with Gasteiger partial charge in [0.05, 0.1) is 22.7 Å². The third kappa shape index (κ3) is 1.92. The van der Waals surface area contributed by atoms with Crippen molar-refractivity contribution < 1.29 is 18.0 Å². The Bertz CT molecular complexity index is 603. The number of alkyl halides is 3. The minimum absolute atomic E-state index is 0.180. The fraction of sp³-hybridized carbons (Fsp3) is 0.273. The first kappa shape index (κ1) is 12.4. The maximum Gasteiger partial charge on any atom is 0.397 e. The summed E-state index contributed by atoms with van der Waals surface area (Å²) >= 11 is 0. The highest BCUT2D eigenvalue weighted by Crippen LogP contribution is 2.36. The molecular weight excluding hydrogens is 247 g/mol. The summed E-state index contributed by atoms with van der Waals surface area (Å²) in [5.41, 5.74) is 4.89. The van der Waals surface area contributed by atoms with E-state index in [2.05, 4.69) is 5.10 Å². The fourth-order valence-corrected chi connectivity index (χ4v) is 1.73. The number of halogens is 3. The Morgan fingerprint density at radius 2 is 2.11 bits per heavy atom. The molecule has 0 aliphatic rings. The molecule has 4 nitrogen and oxygen atoms in total. The van der Waals surface area contributed by atoms with Crippen LogP contribution in [0.3, 0.4) is 0 Å². The molecule has 0 aromatic carbocycles. The number of nitrogens with two attached hydrogens (primary N) is 1. The minimum atomic E-state index is -4.47. The third-order valence-corrected chi connectivity index (χ3v) is 2.71. The molecule has 18 heavy (non-hydrogen) atoms. The number of fused-ring (bicyclic) bond motifs is 1. The van der Waals surface area contributed by atoms with E-state index in [4.69, 9.17) is 5.73 Å². The Kier molecular flexibility index (Phi) is 2.76. The molecule has 96 valence electrons. The highest BCUT2D eigenvalue weighted by molar-refractivity contribution is 6.01. The zero-order valence-corrected chi connectivity index (χ0v) is 9.40. The van der Waals surface area contributed by atoms with Gasteiger partial charge in [0.2, 0.25) is 0 Å². The van der Waals surface area contributed by atoms with Gasteiger partial charge in [-0.3, -0.25) is 4.79 Å². The maximum atomic E-state index is 12.7. The summed E-state index contributed by atoms with van der Waals surface area (Å²) in [7, 11) is 0. The molecule has 0 saturated carbocycles. The second kappa shape index (κ2) is 4.01. The van der Waals surface area contributed by atoms with Crippen molar-refractivity contribution in [3.8, 4) is 0 Å². The summed E-state index contributed by atoms with van der Waals surface area (Å²) in [4.78, 5) is 11.3. The molecule has 0 spiro atoms. The summed E-state index contributed by atoms with van der Waals surface area (Å²) in [6, 6.07) is 4.71. The lowest BCUT2D eigenvalue weighted by atomic mass is 10.0. The van der Waals surface area contributed by atoms with Gasteiger partial charge in [-0.05, 0) is 19.1 Å². The van der Waals surface area contributed by atoms with Crippen molar-refractivity contribution in [2.45, 2.75) is 19.0 Å². The normalized spacial score (nSPS) is 13.8. The van der Waals surface area contributed by atoms with Crippen LogP contribution < -0.4 is 5.73 Å². The average Bonchev–Trinajstić information content (AvgIpc) is 2.65. The summed E-state index contributed by atoms with van der Waals surface area (Å²) in [5.74, 6) is -2.76. The highest BCUT2D eigenvalue weighted by Gasteiger charge is 2.41. The van der Waals surface area contributed by atoms with Crippen LogP contribution in [-0.4, -0.2) is 21.7 Å². The number of hydrogen-bond acceptors (Lipinski definition) is 2. The average molecular weight is 257 g/mol. The molecule has 0 unspecified atom stereocenters. The molecule has 0 aliphatic carbocycles. The molecule has 0 fully saturated rings. The first-order valence-corrected chi connectivity index (χ1v) is 5.16. The number of amides is 1. The number of hydrogen-bond donors (Lipinski definition) is 1. The number of pyridine rings is 1. The largest absolute Gasteiger partial charge is 0.397 e. The first-order valence-electron chi connectivity index (χ1n) is 5.16. The van der Waals surface area contributed by atoms with Crippen LogP contribution in [0.25, 0.3) is 5.52 Å². The molecule has 2 heterocycles. The number of primary amides is 1. The Labute approximate surface area is 100 Å². The molecule has 1 atom stereocenters. The zero-order chi connectivity index (χ0) is 13.5. The van der Waals surface area contributed by atoms with Gasteiger partial charge >= 0.3 is 6.18 Å². The van der Waals surface area contributed by atoms with Gasteiger partial charge in [-0.15, -0.1) is 0 Å². The van der Waals surface area contributed by atoms with E-state index in [1.807, 2.05) is 0 Å². The number of carbonyl (C=O) groups is 1. The van der Waals surface area contributed by atoms with Crippen LogP contribution in [0, 0.1) is 0 Å². The van der Waals surface area contributed by atoms with Crippen LogP contribution in [0.15, 0.2) is 24.4 Å². The lowest BCUT2D eigenvalue weighted by molar-refractivity contribution is -0.147. The number of carbonyl (C=O) groups excluding carboxylic acids is 1. The van der Waals surface area contributed by atoms with Gasteiger partial charge in [0, 0.05) is 6.20 Å². The standard InChI is InChI=1S/C11H10F3N3O/c1-6(11(12,13)14)9-8(10(15)18)7-4-2-3-5-17(7)16-9/h2-6H,1H3,(H2,15,18)/t6-/m1/s1. The second-order valence-electron chi connectivity index (χ2n) is 3.92. The minimum Gasteiger partial charge on any atom is -0.365 e. The third-order valence-electron chi connectivity index (χ3n) is 2.71. The molecule has 7 heteroatoms.